The zero-order valence-corrected chi connectivity index (χ0v) is 9.63. The highest BCUT2D eigenvalue weighted by molar-refractivity contribution is 6.08. The quantitative estimate of drug-likeness (QED) is 0.561. The molecule has 0 amide bonds. The average molecular weight is 207 g/mol. The Bertz CT molecular complexity index is 192. The monoisotopic (exact) mass is 207 g/mol. The van der Waals surface area contributed by atoms with E-state index in [0.717, 1.165) is 19.1 Å². The molecule has 2 rings (SSSR count). The minimum atomic E-state index is 0.283. The maximum absolute atomic E-state index is 6.02. The van der Waals surface area contributed by atoms with Crippen molar-refractivity contribution < 1.29 is 4.74 Å². The molecule has 1 spiro atoms. The van der Waals surface area contributed by atoms with Gasteiger partial charge in [-0.25, -0.2) is 0 Å². The lowest BCUT2D eigenvalue weighted by Gasteiger charge is -2.38. The zero-order chi connectivity index (χ0) is 10.6. The number of rotatable bonds is 4. The summed E-state index contributed by atoms with van der Waals surface area (Å²) in [6.45, 7) is 2.05. The first-order valence-electron chi connectivity index (χ1n) is 6.39. The molecular formula is C12H22BNO. The summed E-state index contributed by atoms with van der Waals surface area (Å²) in [6.07, 6.45) is 9.74. The van der Waals surface area contributed by atoms with Crippen LogP contribution in [0.15, 0.2) is 0 Å². The van der Waals surface area contributed by atoms with E-state index in [0.29, 0.717) is 6.44 Å². The number of ether oxygens (including phenoxy) is 1. The molecule has 84 valence electrons. The van der Waals surface area contributed by atoms with Gasteiger partial charge in [-0.1, -0.05) is 12.8 Å². The van der Waals surface area contributed by atoms with Gasteiger partial charge in [0.1, 0.15) is 0 Å². The van der Waals surface area contributed by atoms with Crippen LogP contribution in [0, 0.1) is 5.92 Å². The highest BCUT2D eigenvalue weighted by Gasteiger charge is 2.39. The van der Waals surface area contributed by atoms with Crippen molar-refractivity contribution in [3.05, 3.63) is 0 Å². The molecule has 1 N–H and O–H groups in total. The molecule has 2 nitrogen and oxygen atoms in total. The lowest BCUT2D eigenvalue weighted by Crippen LogP contribution is -2.38. The molecule has 2 aliphatic rings. The molecule has 1 aliphatic heterocycles. The van der Waals surface area contributed by atoms with Gasteiger partial charge in [-0.15, -0.1) is 0 Å². The lowest BCUT2D eigenvalue weighted by molar-refractivity contribution is -0.0934. The molecule has 0 aromatic heterocycles. The van der Waals surface area contributed by atoms with Crippen LogP contribution in [0.25, 0.3) is 0 Å². The standard InChI is InChI=1S/C12H22BNO/c13-10-14-7-3-11-4-8-15-12(9-11)5-1-2-6-12/h11,14H,1-10H2. The summed E-state index contributed by atoms with van der Waals surface area (Å²) >= 11 is 0. The van der Waals surface area contributed by atoms with Crippen molar-refractivity contribution >= 4 is 7.85 Å². The zero-order valence-electron chi connectivity index (χ0n) is 9.63. The summed E-state index contributed by atoms with van der Waals surface area (Å²) in [5, 5.41) is 3.21. The Morgan fingerprint density at radius 3 is 2.87 bits per heavy atom. The van der Waals surface area contributed by atoms with Crippen LogP contribution >= 0.6 is 0 Å². The van der Waals surface area contributed by atoms with Gasteiger partial charge in [-0.2, -0.15) is 0 Å². The number of hydrogen-bond donors (Lipinski definition) is 1. The van der Waals surface area contributed by atoms with Crippen molar-refractivity contribution in [2.24, 2.45) is 5.92 Å². The molecule has 15 heavy (non-hydrogen) atoms. The van der Waals surface area contributed by atoms with Crippen LogP contribution in [0.2, 0.25) is 0 Å². The fraction of sp³-hybridized carbons (Fsp3) is 1.00. The van der Waals surface area contributed by atoms with Crippen molar-refractivity contribution in [2.45, 2.75) is 50.5 Å². The normalized spacial score (nSPS) is 29.7. The summed E-state index contributed by atoms with van der Waals surface area (Å²) in [6, 6.07) is 0. The van der Waals surface area contributed by atoms with Crippen molar-refractivity contribution in [3.8, 4) is 0 Å². The Kier molecular flexibility index (Phi) is 4.09. The van der Waals surface area contributed by atoms with Gasteiger partial charge in [0.2, 0.25) is 0 Å². The predicted molar refractivity (Wildman–Crippen MR) is 63.1 cm³/mol. The molecule has 0 aromatic rings. The van der Waals surface area contributed by atoms with Crippen molar-refractivity contribution in [2.75, 3.05) is 19.6 Å². The Morgan fingerprint density at radius 2 is 2.13 bits per heavy atom. The van der Waals surface area contributed by atoms with E-state index in [-0.39, 0.29) is 5.60 Å². The number of nitrogens with one attached hydrogen (secondary N) is 1. The van der Waals surface area contributed by atoms with Crippen LogP contribution in [-0.4, -0.2) is 33.0 Å². The smallest absolute Gasteiger partial charge is 0.0859 e. The Labute approximate surface area is 94.6 Å². The van der Waals surface area contributed by atoms with Crippen LogP contribution in [0.4, 0.5) is 0 Å². The van der Waals surface area contributed by atoms with Crippen LogP contribution in [0.3, 0.4) is 0 Å². The Morgan fingerprint density at radius 1 is 1.33 bits per heavy atom. The third-order valence-electron chi connectivity index (χ3n) is 3.98. The maximum Gasteiger partial charge on any atom is 0.0859 e. The van der Waals surface area contributed by atoms with E-state index in [2.05, 4.69) is 5.32 Å². The molecule has 2 radical (unpaired) electrons. The Hall–Kier alpha value is -0.0151. The van der Waals surface area contributed by atoms with Crippen LogP contribution in [0.1, 0.15) is 44.9 Å². The minimum Gasteiger partial charge on any atom is -0.375 e. The summed E-state index contributed by atoms with van der Waals surface area (Å²) in [4.78, 5) is 0. The highest BCUT2D eigenvalue weighted by atomic mass is 16.5. The third-order valence-corrected chi connectivity index (χ3v) is 3.98. The largest absolute Gasteiger partial charge is 0.375 e. The molecule has 1 heterocycles. The van der Waals surface area contributed by atoms with Crippen LogP contribution < -0.4 is 5.32 Å². The molecule has 1 unspecified atom stereocenters. The second-order valence-corrected chi connectivity index (χ2v) is 5.09. The summed E-state index contributed by atoms with van der Waals surface area (Å²) in [5.74, 6) is 0.857. The van der Waals surface area contributed by atoms with E-state index >= 15 is 0 Å². The first-order valence-corrected chi connectivity index (χ1v) is 6.39. The summed E-state index contributed by atoms with van der Waals surface area (Å²) in [7, 11) is 5.42. The first kappa shape index (κ1) is 11.5. The second-order valence-electron chi connectivity index (χ2n) is 5.09. The summed E-state index contributed by atoms with van der Waals surface area (Å²) < 4.78 is 6.02. The van der Waals surface area contributed by atoms with Gasteiger partial charge in [0, 0.05) is 6.61 Å². The molecule has 0 aromatic carbocycles. The molecule has 1 atom stereocenters. The van der Waals surface area contributed by atoms with Gasteiger partial charge in [0.25, 0.3) is 0 Å². The Balaban J connectivity index is 1.76. The van der Waals surface area contributed by atoms with Gasteiger partial charge in [0.15, 0.2) is 0 Å². The fourth-order valence-electron chi connectivity index (χ4n) is 3.15. The molecule has 1 saturated carbocycles. The fourth-order valence-corrected chi connectivity index (χ4v) is 3.15. The van der Waals surface area contributed by atoms with E-state index in [4.69, 9.17) is 12.6 Å². The lowest BCUT2D eigenvalue weighted by atomic mass is 9.83. The molecule has 1 aliphatic carbocycles. The van der Waals surface area contributed by atoms with Crippen molar-refractivity contribution in [3.63, 3.8) is 0 Å². The van der Waals surface area contributed by atoms with E-state index in [1.807, 2.05) is 0 Å². The summed E-state index contributed by atoms with van der Waals surface area (Å²) in [5.41, 5.74) is 0.283. The average Bonchev–Trinajstić information content (AvgIpc) is 2.67. The van der Waals surface area contributed by atoms with Crippen LogP contribution in [-0.2, 0) is 4.74 Å². The van der Waals surface area contributed by atoms with Gasteiger partial charge >= 0.3 is 0 Å². The van der Waals surface area contributed by atoms with Gasteiger partial charge < -0.3 is 10.1 Å². The minimum absolute atomic E-state index is 0.283. The van der Waals surface area contributed by atoms with E-state index in [1.54, 1.807) is 0 Å². The van der Waals surface area contributed by atoms with E-state index < -0.39 is 0 Å². The van der Waals surface area contributed by atoms with Gasteiger partial charge in [-0.05, 0) is 51.0 Å². The molecule has 1 saturated heterocycles. The third kappa shape index (κ3) is 2.98. The van der Waals surface area contributed by atoms with Gasteiger partial charge in [-0.3, -0.25) is 0 Å². The maximum atomic E-state index is 6.02. The van der Waals surface area contributed by atoms with Crippen molar-refractivity contribution in [1.29, 1.82) is 0 Å². The SMILES string of the molecule is [B]CNCCC1CCOC2(CCCC2)C1. The number of hydrogen-bond acceptors (Lipinski definition) is 2. The molecule has 0 bridgehead atoms. The van der Waals surface area contributed by atoms with E-state index in [1.165, 1.54) is 44.9 Å². The van der Waals surface area contributed by atoms with Crippen molar-refractivity contribution in [1.82, 2.24) is 5.32 Å². The van der Waals surface area contributed by atoms with E-state index in [9.17, 15) is 0 Å². The van der Waals surface area contributed by atoms with Gasteiger partial charge in [0.05, 0.1) is 13.4 Å². The second kappa shape index (κ2) is 5.35. The molecular weight excluding hydrogens is 185 g/mol. The topological polar surface area (TPSA) is 21.3 Å². The first-order chi connectivity index (χ1) is 7.35. The molecule has 3 heteroatoms. The predicted octanol–water partition coefficient (Wildman–Crippen LogP) is 1.83. The molecule has 2 fully saturated rings. The van der Waals surface area contributed by atoms with Crippen LogP contribution in [0.5, 0.6) is 0 Å². The highest BCUT2D eigenvalue weighted by Crippen LogP contribution is 2.42.